The number of carbonyl (C=O) groups is 2. The van der Waals surface area contributed by atoms with Crippen molar-refractivity contribution in [1.29, 1.82) is 0 Å². The number of hydrogen-bond donors (Lipinski definition) is 2. The van der Waals surface area contributed by atoms with Crippen LogP contribution in [0.2, 0.25) is 0 Å². The zero-order valence-corrected chi connectivity index (χ0v) is 11.9. The largest absolute Gasteiger partial charge is 0.481 e. The molecule has 1 fully saturated rings. The Balaban J connectivity index is 2.72. The minimum atomic E-state index is -0.839. The quantitative estimate of drug-likeness (QED) is 0.782. The number of likely N-dealkylation sites (tertiary alicyclic amines) is 1. The van der Waals surface area contributed by atoms with E-state index in [4.69, 9.17) is 10.2 Å². The zero-order valence-electron chi connectivity index (χ0n) is 11.9. The van der Waals surface area contributed by atoms with Crippen LogP contribution in [0.15, 0.2) is 0 Å². The van der Waals surface area contributed by atoms with E-state index in [1.807, 2.05) is 13.8 Å². The van der Waals surface area contributed by atoms with E-state index in [2.05, 4.69) is 0 Å². The summed E-state index contributed by atoms with van der Waals surface area (Å²) >= 11 is 0. The van der Waals surface area contributed by atoms with Crippen molar-refractivity contribution < 1.29 is 19.8 Å². The number of aliphatic hydroxyl groups is 1. The van der Waals surface area contributed by atoms with Crippen LogP contribution in [0, 0.1) is 5.92 Å². The van der Waals surface area contributed by atoms with Crippen molar-refractivity contribution in [1.82, 2.24) is 9.80 Å². The Bertz CT molecular complexity index is 333. The molecule has 2 atom stereocenters. The van der Waals surface area contributed by atoms with Crippen molar-refractivity contribution in [2.45, 2.75) is 45.7 Å². The molecule has 2 N–H and O–H groups in total. The van der Waals surface area contributed by atoms with E-state index in [0.717, 1.165) is 0 Å². The van der Waals surface area contributed by atoms with Crippen LogP contribution in [-0.4, -0.2) is 63.8 Å². The number of rotatable bonds is 5. The molecule has 2 unspecified atom stereocenters. The number of carboxylic acids is 1. The van der Waals surface area contributed by atoms with E-state index in [9.17, 15) is 9.59 Å². The second-order valence-electron chi connectivity index (χ2n) is 5.31. The van der Waals surface area contributed by atoms with E-state index in [1.165, 1.54) is 0 Å². The van der Waals surface area contributed by atoms with Crippen LogP contribution in [0.25, 0.3) is 0 Å². The van der Waals surface area contributed by atoms with Gasteiger partial charge in [-0.15, -0.1) is 0 Å². The van der Waals surface area contributed by atoms with Gasteiger partial charge in [0.2, 0.25) is 0 Å². The highest BCUT2D eigenvalue weighted by atomic mass is 16.4. The number of amides is 2. The monoisotopic (exact) mass is 272 g/mol. The number of aliphatic carboxylic acids is 1. The zero-order chi connectivity index (χ0) is 14.6. The molecule has 19 heavy (non-hydrogen) atoms. The highest BCUT2D eigenvalue weighted by Crippen LogP contribution is 2.26. The standard InChI is InChI=1S/C13H24N2O4/c1-9(2)14(6-4-8-16)13(19)15-7-5-11(10(15)3)12(17)18/h9-11,16H,4-8H2,1-3H3,(H,17,18). The summed E-state index contributed by atoms with van der Waals surface area (Å²) in [6.45, 7) is 6.65. The predicted molar refractivity (Wildman–Crippen MR) is 70.9 cm³/mol. The van der Waals surface area contributed by atoms with Gasteiger partial charge in [0.1, 0.15) is 0 Å². The molecule has 1 heterocycles. The molecule has 1 aliphatic rings. The van der Waals surface area contributed by atoms with Crippen molar-refractivity contribution in [2.75, 3.05) is 19.7 Å². The summed E-state index contributed by atoms with van der Waals surface area (Å²) in [6, 6.07) is -0.366. The lowest BCUT2D eigenvalue weighted by Gasteiger charge is -2.33. The Morgan fingerprint density at radius 1 is 1.42 bits per heavy atom. The summed E-state index contributed by atoms with van der Waals surface area (Å²) in [5.74, 6) is -1.31. The lowest BCUT2D eigenvalue weighted by molar-refractivity contribution is -0.142. The van der Waals surface area contributed by atoms with Gasteiger partial charge in [-0.2, -0.15) is 0 Å². The van der Waals surface area contributed by atoms with Gasteiger partial charge in [0.15, 0.2) is 0 Å². The fraction of sp³-hybridized carbons (Fsp3) is 0.846. The maximum absolute atomic E-state index is 12.4. The third-order valence-electron chi connectivity index (χ3n) is 3.74. The first-order chi connectivity index (χ1) is 8.90. The molecular formula is C13H24N2O4. The molecule has 0 aromatic rings. The second-order valence-corrected chi connectivity index (χ2v) is 5.31. The third kappa shape index (κ3) is 3.59. The van der Waals surface area contributed by atoms with Gasteiger partial charge in [0.05, 0.1) is 5.92 Å². The van der Waals surface area contributed by atoms with Crippen LogP contribution < -0.4 is 0 Å². The first kappa shape index (κ1) is 15.8. The van der Waals surface area contributed by atoms with Crippen LogP contribution in [-0.2, 0) is 4.79 Å². The van der Waals surface area contributed by atoms with Gasteiger partial charge in [-0.3, -0.25) is 4.79 Å². The van der Waals surface area contributed by atoms with E-state index in [-0.39, 0.29) is 24.7 Å². The number of urea groups is 1. The van der Waals surface area contributed by atoms with Gasteiger partial charge >= 0.3 is 12.0 Å². The molecule has 110 valence electrons. The molecule has 0 saturated carbocycles. The number of nitrogens with zero attached hydrogens (tertiary/aromatic N) is 2. The van der Waals surface area contributed by atoms with Crippen LogP contribution in [0.4, 0.5) is 4.79 Å². The van der Waals surface area contributed by atoms with E-state index in [1.54, 1.807) is 16.7 Å². The van der Waals surface area contributed by atoms with Gasteiger partial charge in [-0.25, -0.2) is 4.79 Å². The summed E-state index contributed by atoms with van der Waals surface area (Å²) in [5, 5.41) is 18.0. The summed E-state index contributed by atoms with van der Waals surface area (Å²) < 4.78 is 0. The number of carboxylic acid groups (broad SMARTS) is 1. The van der Waals surface area contributed by atoms with E-state index < -0.39 is 11.9 Å². The summed E-state index contributed by atoms with van der Waals surface area (Å²) in [4.78, 5) is 26.8. The minimum absolute atomic E-state index is 0.0372. The molecule has 0 aromatic carbocycles. The van der Waals surface area contributed by atoms with Gasteiger partial charge < -0.3 is 20.0 Å². The van der Waals surface area contributed by atoms with Crippen LogP contribution >= 0.6 is 0 Å². The van der Waals surface area contributed by atoms with Gasteiger partial charge in [-0.05, 0) is 33.6 Å². The average Bonchev–Trinajstić information content (AvgIpc) is 2.71. The molecule has 6 heteroatoms. The van der Waals surface area contributed by atoms with E-state index >= 15 is 0 Å². The topological polar surface area (TPSA) is 81.1 Å². The third-order valence-corrected chi connectivity index (χ3v) is 3.74. The molecule has 1 saturated heterocycles. The fourth-order valence-corrected chi connectivity index (χ4v) is 2.52. The van der Waals surface area contributed by atoms with Crippen LogP contribution in [0.3, 0.4) is 0 Å². The Hall–Kier alpha value is -1.30. The lowest BCUT2D eigenvalue weighted by Crippen LogP contribution is -2.49. The molecule has 0 bridgehead atoms. The summed E-state index contributed by atoms with van der Waals surface area (Å²) in [6.07, 6.45) is 1.04. The molecule has 1 aliphatic heterocycles. The highest BCUT2D eigenvalue weighted by Gasteiger charge is 2.39. The smallest absolute Gasteiger partial charge is 0.320 e. The van der Waals surface area contributed by atoms with Crippen LogP contribution in [0.5, 0.6) is 0 Å². The molecule has 0 aromatic heterocycles. The molecule has 2 amide bonds. The normalized spacial score (nSPS) is 22.9. The van der Waals surface area contributed by atoms with Gasteiger partial charge in [0, 0.05) is 31.8 Å². The van der Waals surface area contributed by atoms with Crippen molar-refractivity contribution in [3.8, 4) is 0 Å². The molecule has 0 aliphatic carbocycles. The van der Waals surface area contributed by atoms with E-state index in [0.29, 0.717) is 25.9 Å². The Morgan fingerprint density at radius 3 is 2.47 bits per heavy atom. The Morgan fingerprint density at radius 2 is 2.05 bits per heavy atom. The minimum Gasteiger partial charge on any atom is -0.481 e. The molecule has 1 rings (SSSR count). The van der Waals surface area contributed by atoms with Crippen molar-refractivity contribution in [3.05, 3.63) is 0 Å². The molecular weight excluding hydrogens is 248 g/mol. The first-order valence-corrected chi connectivity index (χ1v) is 6.81. The maximum atomic E-state index is 12.4. The Kier molecular flexibility index (Phi) is 5.60. The summed E-state index contributed by atoms with van der Waals surface area (Å²) in [7, 11) is 0. The Labute approximate surface area is 114 Å². The fourth-order valence-electron chi connectivity index (χ4n) is 2.52. The number of carbonyl (C=O) groups excluding carboxylic acids is 1. The lowest BCUT2D eigenvalue weighted by atomic mass is 10.0. The number of aliphatic hydroxyl groups excluding tert-OH is 1. The average molecular weight is 272 g/mol. The van der Waals surface area contributed by atoms with Crippen molar-refractivity contribution >= 4 is 12.0 Å². The summed E-state index contributed by atoms with van der Waals surface area (Å²) in [5.41, 5.74) is 0. The maximum Gasteiger partial charge on any atom is 0.320 e. The first-order valence-electron chi connectivity index (χ1n) is 6.81. The molecule has 6 nitrogen and oxygen atoms in total. The molecule has 0 radical (unpaired) electrons. The van der Waals surface area contributed by atoms with Crippen LogP contribution in [0.1, 0.15) is 33.6 Å². The van der Waals surface area contributed by atoms with Gasteiger partial charge in [-0.1, -0.05) is 0 Å². The van der Waals surface area contributed by atoms with Crippen molar-refractivity contribution in [3.63, 3.8) is 0 Å². The SMILES string of the molecule is CC(C)N(CCCO)C(=O)N1CCC(C(=O)O)C1C. The van der Waals surface area contributed by atoms with Gasteiger partial charge in [0.25, 0.3) is 0 Å². The van der Waals surface area contributed by atoms with Crippen molar-refractivity contribution in [2.24, 2.45) is 5.92 Å². The number of hydrogen-bond acceptors (Lipinski definition) is 3. The predicted octanol–water partition coefficient (Wildman–Crippen LogP) is 0.994. The second kappa shape index (κ2) is 6.75. The molecule has 0 spiro atoms. The highest BCUT2D eigenvalue weighted by molar-refractivity contribution is 5.78.